The molecule has 0 bridgehead atoms. The molecule has 0 radical (unpaired) electrons. The van der Waals surface area contributed by atoms with E-state index in [0.29, 0.717) is 11.6 Å². The van der Waals surface area contributed by atoms with E-state index in [1.54, 1.807) is 6.07 Å². The van der Waals surface area contributed by atoms with E-state index in [1.807, 2.05) is 36.7 Å². The lowest BCUT2D eigenvalue weighted by molar-refractivity contribution is 0.1000. The van der Waals surface area contributed by atoms with E-state index < -0.39 is 0 Å². The van der Waals surface area contributed by atoms with Crippen molar-refractivity contribution in [1.82, 2.24) is 24.6 Å². The average Bonchev–Trinajstić information content (AvgIpc) is 3.17. The molecule has 1 saturated heterocycles. The van der Waals surface area contributed by atoms with Crippen LogP contribution in [-0.2, 0) is 20.1 Å². The van der Waals surface area contributed by atoms with Gasteiger partial charge in [0.05, 0.1) is 6.54 Å². The van der Waals surface area contributed by atoms with Gasteiger partial charge in [0.15, 0.2) is 0 Å². The van der Waals surface area contributed by atoms with Gasteiger partial charge in [0.25, 0.3) is 0 Å². The van der Waals surface area contributed by atoms with Gasteiger partial charge in [0, 0.05) is 38.3 Å². The first-order chi connectivity index (χ1) is 11.9. The molecule has 7 heteroatoms. The lowest BCUT2D eigenvalue weighted by Crippen LogP contribution is -2.34. The van der Waals surface area contributed by atoms with Gasteiger partial charge < -0.3 is 10.3 Å². The first-order valence-electron chi connectivity index (χ1n) is 8.60. The standard InChI is InChI=1S/C18H26N6O/c1-13-20-21-17(23(13)3)12-22(2)16-7-8-24(11-16)10-14-5-4-6-15(9-14)18(19)25/h4-6,9,16H,7-8,10-12H2,1-3H3,(H2,19,25)/t16-/m0/s1. The van der Waals surface area contributed by atoms with E-state index in [0.717, 1.165) is 49.8 Å². The molecule has 1 aliphatic heterocycles. The van der Waals surface area contributed by atoms with Crippen molar-refractivity contribution < 1.29 is 4.79 Å². The van der Waals surface area contributed by atoms with Crippen LogP contribution in [0.25, 0.3) is 0 Å². The van der Waals surface area contributed by atoms with E-state index in [-0.39, 0.29) is 5.91 Å². The van der Waals surface area contributed by atoms with Crippen LogP contribution in [0.1, 0.15) is 34.0 Å². The zero-order valence-electron chi connectivity index (χ0n) is 15.1. The van der Waals surface area contributed by atoms with Crippen LogP contribution in [0.2, 0.25) is 0 Å². The van der Waals surface area contributed by atoms with Gasteiger partial charge >= 0.3 is 0 Å². The summed E-state index contributed by atoms with van der Waals surface area (Å²) < 4.78 is 2.04. The van der Waals surface area contributed by atoms with Crippen molar-refractivity contribution >= 4 is 5.91 Å². The monoisotopic (exact) mass is 342 g/mol. The lowest BCUT2D eigenvalue weighted by atomic mass is 10.1. The minimum atomic E-state index is -0.375. The van der Waals surface area contributed by atoms with Crippen LogP contribution in [0.5, 0.6) is 0 Å². The van der Waals surface area contributed by atoms with E-state index in [2.05, 4.69) is 27.0 Å². The molecule has 134 valence electrons. The Bertz CT molecular complexity index is 756. The molecule has 0 spiro atoms. The Morgan fingerprint density at radius 3 is 2.88 bits per heavy atom. The number of amides is 1. The summed E-state index contributed by atoms with van der Waals surface area (Å²) in [6.07, 6.45) is 1.13. The van der Waals surface area contributed by atoms with Crippen molar-refractivity contribution in [1.29, 1.82) is 0 Å². The first-order valence-corrected chi connectivity index (χ1v) is 8.60. The highest BCUT2D eigenvalue weighted by atomic mass is 16.1. The molecule has 1 fully saturated rings. The van der Waals surface area contributed by atoms with Crippen LogP contribution in [0, 0.1) is 6.92 Å². The van der Waals surface area contributed by atoms with Crippen molar-refractivity contribution in [3.63, 3.8) is 0 Å². The molecular weight excluding hydrogens is 316 g/mol. The second-order valence-corrected chi connectivity index (χ2v) is 6.88. The van der Waals surface area contributed by atoms with Gasteiger partial charge in [-0.1, -0.05) is 12.1 Å². The maximum atomic E-state index is 11.3. The van der Waals surface area contributed by atoms with Crippen molar-refractivity contribution in [3.8, 4) is 0 Å². The Hall–Kier alpha value is -2.25. The lowest BCUT2D eigenvalue weighted by Gasteiger charge is -2.24. The SMILES string of the molecule is Cc1nnc(CN(C)[C@H]2CCN(Cc3cccc(C(N)=O)c3)C2)n1C. The van der Waals surface area contributed by atoms with Crippen LogP contribution in [0.15, 0.2) is 24.3 Å². The Labute approximate surface area is 148 Å². The first kappa shape index (κ1) is 17.6. The van der Waals surface area contributed by atoms with E-state index in [9.17, 15) is 4.79 Å². The molecule has 7 nitrogen and oxygen atoms in total. The molecule has 1 aromatic carbocycles. The number of hydrogen-bond acceptors (Lipinski definition) is 5. The summed E-state index contributed by atoms with van der Waals surface area (Å²) in [5, 5.41) is 8.38. The highest BCUT2D eigenvalue weighted by Crippen LogP contribution is 2.19. The minimum absolute atomic E-state index is 0.375. The zero-order chi connectivity index (χ0) is 18.0. The number of nitrogens with two attached hydrogens (primary N) is 1. The highest BCUT2D eigenvalue weighted by molar-refractivity contribution is 5.92. The Kier molecular flexibility index (Phi) is 5.15. The number of aryl methyl sites for hydroxylation is 1. The fraction of sp³-hybridized carbons (Fsp3) is 0.500. The molecule has 3 rings (SSSR count). The summed E-state index contributed by atoms with van der Waals surface area (Å²) >= 11 is 0. The van der Waals surface area contributed by atoms with Crippen LogP contribution >= 0.6 is 0 Å². The molecule has 1 amide bonds. The van der Waals surface area contributed by atoms with Gasteiger partial charge in [-0.3, -0.25) is 14.6 Å². The number of carbonyl (C=O) groups is 1. The fourth-order valence-corrected chi connectivity index (χ4v) is 3.34. The molecule has 25 heavy (non-hydrogen) atoms. The van der Waals surface area contributed by atoms with Gasteiger partial charge in [-0.25, -0.2) is 0 Å². The summed E-state index contributed by atoms with van der Waals surface area (Å²) in [4.78, 5) is 16.1. The van der Waals surface area contributed by atoms with Crippen LogP contribution in [0.4, 0.5) is 0 Å². The number of nitrogens with zero attached hydrogens (tertiary/aromatic N) is 5. The van der Waals surface area contributed by atoms with Gasteiger partial charge in [0.2, 0.25) is 5.91 Å². The Morgan fingerprint density at radius 2 is 2.20 bits per heavy atom. The number of primary amides is 1. The van der Waals surface area contributed by atoms with Gasteiger partial charge in [0.1, 0.15) is 11.6 Å². The van der Waals surface area contributed by atoms with Crippen molar-refractivity contribution in [2.24, 2.45) is 12.8 Å². The van der Waals surface area contributed by atoms with E-state index in [4.69, 9.17) is 5.73 Å². The normalized spacial score (nSPS) is 18.2. The summed E-state index contributed by atoms with van der Waals surface area (Å²) in [5.41, 5.74) is 7.07. The number of likely N-dealkylation sites (N-methyl/N-ethyl adjacent to an activating group) is 1. The number of benzene rings is 1. The molecule has 0 saturated carbocycles. The Balaban J connectivity index is 1.57. The third-order valence-corrected chi connectivity index (χ3v) is 5.06. The summed E-state index contributed by atoms with van der Waals surface area (Å²) in [6, 6.07) is 8.09. The van der Waals surface area contributed by atoms with Crippen molar-refractivity contribution in [2.45, 2.75) is 32.5 Å². The number of carbonyl (C=O) groups excluding carboxylic acids is 1. The minimum Gasteiger partial charge on any atom is -0.366 e. The predicted molar refractivity (Wildman–Crippen MR) is 95.8 cm³/mol. The third-order valence-electron chi connectivity index (χ3n) is 5.06. The largest absolute Gasteiger partial charge is 0.366 e. The van der Waals surface area contributed by atoms with Gasteiger partial charge in [-0.15, -0.1) is 10.2 Å². The molecule has 2 aromatic rings. The smallest absolute Gasteiger partial charge is 0.248 e. The molecule has 0 unspecified atom stereocenters. The fourth-order valence-electron chi connectivity index (χ4n) is 3.34. The summed E-state index contributed by atoms with van der Waals surface area (Å²) in [5.74, 6) is 1.55. The van der Waals surface area contributed by atoms with Crippen LogP contribution in [0.3, 0.4) is 0 Å². The van der Waals surface area contributed by atoms with Gasteiger partial charge in [-0.2, -0.15) is 0 Å². The molecule has 0 aliphatic carbocycles. The summed E-state index contributed by atoms with van der Waals surface area (Å²) in [7, 11) is 4.15. The quantitative estimate of drug-likeness (QED) is 0.845. The van der Waals surface area contributed by atoms with Crippen molar-refractivity contribution in [3.05, 3.63) is 47.0 Å². The maximum Gasteiger partial charge on any atom is 0.248 e. The summed E-state index contributed by atoms with van der Waals surface area (Å²) in [6.45, 7) is 5.66. The highest BCUT2D eigenvalue weighted by Gasteiger charge is 2.26. The molecule has 1 aromatic heterocycles. The Morgan fingerprint density at radius 1 is 1.40 bits per heavy atom. The molecule has 2 heterocycles. The number of rotatable bonds is 6. The number of aromatic nitrogens is 3. The topological polar surface area (TPSA) is 80.3 Å². The van der Waals surface area contributed by atoms with Gasteiger partial charge in [-0.05, 0) is 38.1 Å². The molecule has 1 atom stereocenters. The van der Waals surface area contributed by atoms with E-state index >= 15 is 0 Å². The predicted octanol–water partition coefficient (Wildman–Crippen LogP) is 0.929. The zero-order valence-corrected chi connectivity index (χ0v) is 15.1. The molecule has 2 N–H and O–H groups in total. The van der Waals surface area contributed by atoms with Crippen LogP contribution in [-0.4, -0.2) is 56.7 Å². The second kappa shape index (κ2) is 7.33. The molecule has 1 aliphatic rings. The molecular formula is C18H26N6O. The van der Waals surface area contributed by atoms with Crippen LogP contribution < -0.4 is 5.73 Å². The number of likely N-dealkylation sites (tertiary alicyclic amines) is 1. The average molecular weight is 342 g/mol. The second-order valence-electron chi connectivity index (χ2n) is 6.88. The van der Waals surface area contributed by atoms with E-state index in [1.165, 1.54) is 0 Å². The maximum absolute atomic E-state index is 11.3. The van der Waals surface area contributed by atoms with Crippen molar-refractivity contribution in [2.75, 3.05) is 20.1 Å². The third kappa shape index (κ3) is 4.05. The number of hydrogen-bond donors (Lipinski definition) is 1.